The van der Waals surface area contributed by atoms with Crippen molar-refractivity contribution in [3.63, 3.8) is 0 Å². The zero-order valence-corrected chi connectivity index (χ0v) is 15.8. The van der Waals surface area contributed by atoms with Gasteiger partial charge in [-0.05, 0) is 32.9 Å². The van der Waals surface area contributed by atoms with Crippen LogP contribution in [0, 0.1) is 0 Å². The highest BCUT2D eigenvalue weighted by molar-refractivity contribution is 7.07. The summed E-state index contributed by atoms with van der Waals surface area (Å²) in [6.07, 6.45) is 0. The van der Waals surface area contributed by atoms with Crippen LogP contribution in [0.3, 0.4) is 0 Å². The summed E-state index contributed by atoms with van der Waals surface area (Å²) >= 11 is 1.47. The van der Waals surface area contributed by atoms with Crippen LogP contribution in [-0.4, -0.2) is 38.4 Å². The lowest BCUT2D eigenvalue weighted by molar-refractivity contribution is -0.127. The third-order valence-electron chi connectivity index (χ3n) is 3.58. The summed E-state index contributed by atoms with van der Waals surface area (Å²) in [6.45, 7) is 5.68. The van der Waals surface area contributed by atoms with E-state index in [4.69, 9.17) is 0 Å². The molecule has 26 heavy (non-hydrogen) atoms. The second kappa shape index (κ2) is 7.25. The molecule has 3 aromatic rings. The molecule has 0 spiro atoms. The van der Waals surface area contributed by atoms with Crippen LogP contribution in [0.15, 0.2) is 35.2 Å². The molecule has 0 aliphatic carbocycles. The number of fused-ring (bicyclic) bond motifs is 1. The Morgan fingerprint density at radius 3 is 2.65 bits per heavy atom. The summed E-state index contributed by atoms with van der Waals surface area (Å²) in [5, 5.41) is 7.37. The molecule has 2 heterocycles. The van der Waals surface area contributed by atoms with Crippen molar-refractivity contribution in [2.75, 3.05) is 6.54 Å². The number of imidazole rings is 1. The summed E-state index contributed by atoms with van der Waals surface area (Å²) < 4.78 is 1.82. The van der Waals surface area contributed by atoms with Crippen molar-refractivity contribution in [2.45, 2.75) is 32.9 Å². The number of benzene rings is 1. The molecular weight excluding hydrogens is 350 g/mol. The van der Waals surface area contributed by atoms with Crippen LogP contribution in [0.25, 0.3) is 22.6 Å². The Hall–Kier alpha value is -2.74. The van der Waals surface area contributed by atoms with E-state index in [-0.39, 0.29) is 30.4 Å². The Balaban J connectivity index is 1.77. The number of hydrogen-bond donors (Lipinski definition) is 2. The number of rotatable bonds is 5. The van der Waals surface area contributed by atoms with Gasteiger partial charge < -0.3 is 15.2 Å². The number of hydrogen-bond acceptors (Lipinski definition) is 5. The van der Waals surface area contributed by atoms with Crippen molar-refractivity contribution in [1.82, 2.24) is 25.2 Å². The van der Waals surface area contributed by atoms with Crippen molar-refractivity contribution in [1.29, 1.82) is 0 Å². The van der Waals surface area contributed by atoms with E-state index in [2.05, 4.69) is 20.6 Å². The molecule has 0 aliphatic rings. The molecule has 0 unspecified atom stereocenters. The predicted molar refractivity (Wildman–Crippen MR) is 102 cm³/mol. The van der Waals surface area contributed by atoms with Crippen molar-refractivity contribution in [2.24, 2.45) is 0 Å². The lowest BCUT2D eigenvalue weighted by Gasteiger charge is -2.20. The van der Waals surface area contributed by atoms with Crippen LogP contribution >= 0.6 is 11.3 Å². The molecule has 1 aromatic carbocycles. The highest BCUT2D eigenvalue weighted by Crippen LogP contribution is 2.24. The lowest BCUT2D eigenvalue weighted by atomic mass is 10.1. The largest absolute Gasteiger partial charge is 0.350 e. The maximum atomic E-state index is 12.4. The number of amides is 2. The maximum absolute atomic E-state index is 12.4. The number of aromatic nitrogens is 3. The van der Waals surface area contributed by atoms with E-state index in [1.807, 2.05) is 55.0 Å². The van der Waals surface area contributed by atoms with Gasteiger partial charge in [0.15, 0.2) is 5.82 Å². The fourth-order valence-electron chi connectivity index (χ4n) is 2.59. The molecule has 0 fully saturated rings. The minimum Gasteiger partial charge on any atom is -0.350 e. The van der Waals surface area contributed by atoms with E-state index in [9.17, 15) is 9.59 Å². The highest BCUT2D eigenvalue weighted by Gasteiger charge is 2.18. The molecule has 0 atom stereocenters. The first-order valence-electron chi connectivity index (χ1n) is 8.25. The van der Waals surface area contributed by atoms with Gasteiger partial charge in [0, 0.05) is 10.9 Å². The normalized spacial score (nSPS) is 11.5. The predicted octanol–water partition coefficient (Wildman–Crippen LogP) is 2.19. The van der Waals surface area contributed by atoms with E-state index in [1.165, 1.54) is 11.3 Å². The average molecular weight is 371 g/mol. The van der Waals surface area contributed by atoms with Crippen LogP contribution in [0.2, 0.25) is 0 Å². The second-order valence-corrected chi connectivity index (χ2v) is 7.68. The monoisotopic (exact) mass is 371 g/mol. The lowest BCUT2D eigenvalue weighted by Crippen LogP contribution is -2.46. The summed E-state index contributed by atoms with van der Waals surface area (Å²) in [5.74, 6) is 0.163. The van der Waals surface area contributed by atoms with Gasteiger partial charge in [0.25, 0.3) is 0 Å². The molecule has 136 valence electrons. The van der Waals surface area contributed by atoms with Crippen molar-refractivity contribution in [3.8, 4) is 11.5 Å². The fourth-order valence-corrected chi connectivity index (χ4v) is 3.13. The minimum absolute atomic E-state index is 0.0607. The van der Waals surface area contributed by atoms with E-state index in [1.54, 1.807) is 5.51 Å². The Morgan fingerprint density at radius 2 is 1.96 bits per heavy atom. The number of carbonyl (C=O) groups excluding carboxylic acids is 2. The third-order valence-corrected chi connectivity index (χ3v) is 4.16. The quantitative estimate of drug-likeness (QED) is 0.719. The molecule has 0 saturated heterocycles. The molecule has 0 saturated carbocycles. The van der Waals surface area contributed by atoms with Gasteiger partial charge in [0.05, 0.1) is 23.1 Å². The molecule has 2 aromatic heterocycles. The average Bonchev–Trinajstić information content (AvgIpc) is 3.19. The molecule has 8 heteroatoms. The van der Waals surface area contributed by atoms with Gasteiger partial charge in [0.2, 0.25) is 11.8 Å². The molecule has 2 N–H and O–H groups in total. The zero-order chi connectivity index (χ0) is 18.7. The van der Waals surface area contributed by atoms with Gasteiger partial charge in [-0.2, -0.15) is 0 Å². The van der Waals surface area contributed by atoms with Crippen LogP contribution in [0.4, 0.5) is 0 Å². The standard InChI is InChI=1S/C18H21N5O2S/c1-18(2,3)22-15(24)8-19-16(25)9-23-14-7-5-4-6-12(14)21-17(23)13-10-26-11-20-13/h4-7,10-11H,8-9H2,1-3H3,(H,19,25)(H,22,24). The summed E-state index contributed by atoms with van der Waals surface area (Å²) in [6, 6.07) is 7.62. The second-order valence-electron chi connectivity index (χ2n) is 6.96. The first-order chi connectivity index (χ1) is 12.3. The van der Waals surface area contributed by atoms with Crippen LogP contribution in [0.1, 0.15) is 20.8 Å². The molecule has 2 amide bonds. The number of para-hydroxylation sites is 2. The topological polar surface area (TPSA) is 88.9 Å². The van der Waals surface area contributed by atoms with Crippen LogP contribution in [-0.2, 0) is 16.1 Å². The van der Waals surface area contributed by atoms with E-state index in [0.29, 0.717) is 5.82 Å². The minimum atomic E-state index is -0.333. The van der Waals surface area contributed by atoms with Crippen molar-refractivity contribution < 1.29 is 9.59 Å². The first-order valence-corrected chi connectivity index (χ1v) is 9.19. The Morgan fingerprint density at radius 1 is 1.19 bits per heavy atom. The van der Waals surface area contributed by atoms with E-state index >= 15 is 0 Å². The number of nitrogens with zero attached hydrogens (tertiary/aromatic N) is 3. The van der Waals surface area contributed by atoms with E-state index < -0.39 is 0 Å². The molecule has 0 bridgehead atoms. The molecule has 0 radical (unpaired) electrons. The molecular formula is C18H21N5O2S. The highest BCUT2D eigenvalue weighted by atomic mass is 32.1. The molecule has 0 aliphatic heterocycles. The fraction of sp³-hybridized carbons (Fsp3) is 0.333. The van der Waals surface area contributed by atoms with Gasteiger partial charge in [-0.1, -0.05) is 12.1 Å². The summed E-state index contributed by atoms with van der Waals surface area (Å²) in [5.41, 5.74) is 3.78. The van der Waals surface area contributed by atoms with Gasteiger partial charge in [0.1, 0.15) is 12.2 Å². The Bertz CT molecular complexity index is 925. The SMILES string of the molecule is CC(C)(C)NC(=O)CNC(=O)Cn1c(-c2cscn2)nc2ccccc21. The smallest absolute Gasteiger partial charge is 0.240 e. The maximum Gasteiger partial charge on any atom is 0.240 e. The van der Waals surface area contributed by atoms with Gasteiger partial charge in [-0.15, -0.1) is 11.3 Å². The van der Waals surface area contributed by atoms with Gasteiger partial charge in [-0.25, -0.2) is 9.97 Å². The zero-order valence-electron chi connectivity index (χ0n) is 14.9. The van der Waals surface area contributed by atoms with E-state index in [0.717, 1.165) is 16.7 Å². The summed E-state index contributed by atoms with van der Waals surface area (Å²) in [4.78, 5) is 33.2. The summed E-state index contributed by atoms with van der Waals surface area (Å²) in [7, 11) is 0. The molecule has 7 nitrogen and oxygen atoms in total. The van der Waals surface area contributed by atoms with Gasteiger partial charge >= 0.3 is 0 Å². The van der Waals surface area contributed by atoms with Crippen molar-refractivity contribution >= 4 is 34.2 Å². The Kier molecular flexibility index (Phi) is 5.03. The van der Waals surface area contributed by atoms with Crippen molar-refractivity contribution in [3.05, 3.63) is 35.2 Å². The first kappa shape index (κ1) is 18.1. The number of carbonyl (C=O) groups is 2. The molecule has 3 rings (SSSR count). The number of nitrogens with one attached hydrogen (secondary N) is 2. The van der Waals surface area contributed by atoms with Crippen LogP contribution < -0.4 is 10.6 Å². The van der Waals surface area contributed by atoms with Crippen LogP contribution in [0.5, 0.6) is 0 Å². The number of thiazole rings is 1. The third kappa shape index (κ3) is 4.26. The Labute approximate surface area is 155 Å². The van der Waals surface area contributed by atoms with Gasteiger partial charge in [-0.3, -0.25) is 9.59 Å².